The van der Waals surface area contributed by atoms with E-state index in [1.165, 1.54) is 0 Å². The van der Waals surface area contributed by atoms with Crippen molar-refractivity contribution in [3.05, 3.63) is 64.9 Å². The molecular formula is C17H18N4OS. The highest BCUT2D eigenvalue weighted by Crippen LogP contribution is 2.19. The van der Waals surface area contributed by atoms with Crippen LogP contribution in [0.1, 0.15) is 17.5 Å². The summed E-state index contributed by atoms with van der Waals surface area (Å²) >= 11 is 1.64. The van der Waals surface area contributed by atoms with Gasteiger partial charge in [0.05, 0.1) is 24.6 Å². The Morgan fingerprint density at radius 3 is 2.87 bits per heavy atom. The van der Waals surface area contributed by atoms with E-state index in [1.807, 2.05) is 36.8 Å². The van der Waals surface area contributed by atoms with Gasteiger partial charge in [-0.05, 0) is 46.5 Å². The molecule has 0 saturated heterocycles. The Morgan fingerprint density at radius 1 is 1.30 bits per heavy atom. The number of anilines is 1. The van der Waals surface area contributed by atoms with Crippen LogP contribution < -0.4 is 4.90 Å². The number of amides is 1. The molecule has 0 unspecified atom stereocenters. The Balaban J connectivity index is 1.73. The molecule has 0 N–H and O–H groups in total. The lowest BCUT2D eigenvalue weighted by Crippen LogP contribution is -2.30. The fraction of sp³-hybridized carbons (Fsp3) is 0.235. The first kappa shape index (κ1) is 15.4. The Morgan fingerprint density at radius 2 is 2.22 bits per heavy atom. The third-order valence-corrected chi connectivity index (χ3v) is 4.30. The van der Waals surface area contributed by atoms with E-state index >= 15 is 0 Å². The summed E-state index contributed by atoms with van der Waals surface area (Å²) in [6.45, 7) is 0.571. The van der Waals surface area contributed by atoms with Gasteiger partial charge in [-0.25, -0.2) is 0 Å². The van der Waals surface area contributed by atoms with Gasteiger partial charge in [0.15, 0.2) is 0 Å². The van der Waals surface area contributed by atoms with Gasteiger partial charge in [-0.15, -0.1) is 0 Å². The maximum Gasteiger partial charge on any atom is 0.227 e. The lowest BCUT2D eigenvalue weighted by atomic mass is 10.1. The fourth-order valence-corrected chi connectivity index (χ4v) is 3.05. The molecule has 3 heterocycles. The third-order valence-electron chi connectivity index (χ3n) is 3.57. The third kappa shape index (κ3) is 4.04. The number of carbonyl (C=O) groups excluding carboxylic acids is 1. The molecule has 0 saturated carbocycles. The van der Waals surface area contributed by atoms with Crippen molar-refractivity contribution >= 4 is 22.9 Å². The van der Waals surface area contributed by atoms with Gasteiger partial charge < -0.3 is 4.90 Å². The quantitative estimate of drug-likeness (QED) is 0.699. The summed E-state index contributed by atoms with van der Waals surface area (Å²) in [5.41, 5.74) is 3.03. The Hall–Kier alpha value is -2.47. The predicted molar refractivity (Wildman–Crippen MR) is 91.3 cm³/mol. The van der Waals surface area contributed by atoms with Crippen LogP contribution in [0.3, 0.4) is 0 Å². The van der Waals surface area contributed by atoms with Crippen molar-refractivity contribution in [2.45, 2.75) is 19.4 Å². The summed E-state index contributed by atoms with van der Waals surface area (Å²) in [5.74, 6) is 0.0908. The van der Waals surface area contributed by atoms with E-state index in [2.05, 4.69) is 15.5 Å². The number of nitrogens with zero attached hydrogens (tertiary/aromatic N) is 4. The molecule has 0 aliphatic heterocycles. The first-order chi connectivity index (χ1) is 11.2. The van der Waals surface area contributed by atoms with Crippen molar-refractivity contribution < 1.29 is 4.79 Å². The summed E-state index contributed by atoms with van der Waals surface area (Å²) in [7, 11) is 1.88. The molecule has 118 valence electrons. The van der Waals surface area contributed by atoms with Crippen molar-refractivity contribution in [1.82, 2.24) is 14.8 Å². The minimum Gasteiger partial charge on any atom is -0.306 e. The number of pyridine rings is 1. The molecule has 23 heavy (non-hydrogen) atoms. The molecule has 3 aromatic heterocycles. The highest BCUT2D eigenvalue weighted by Gasteiger charge is 2.17. The van der Waals surface area contributed by atoms with E-state index in [4.69, 9.17) is 0 Å². The van der Waals surface area contributed by atoms with E-state index in [0.29, 0.717) is 19.4 Å². The van der Waals surface area contributed by atoms with Crippen LogP contribution in [-0.4, -0.2) is 20.7 Å². The molecule has 0 spiro atoms. The number of carbonyl (C=O) groups is 1. The van der Waals surface area contributed by atoms with Gasteiger partial charge in [0.25, 0.3) is 0 Å². The van der Waals surface area contributed by atoms with Gasteiger partial charge in [0, 0.05) is 25.9 Å². The summed E-state index contributed by atoms with van der Waals surface area (Å²) in [6.07, 6.45) is 8.33. The molecule has 0 fully saturated rings. The molecule has 0 aliphatic rings. The van der Waals surface area contributed by atoms with E-state index < -0.39 is 0 Å². The number of hydrogen-bond acceptors (Lipinski definition) is 4. The zero-order valence-corrected chi connectivity index (χ0v) is 13.7. The molecule has 0 radical (unpaired) electrons. The van der Waals surface area contributed by atoms with Crippen molar-refractivity contribution in [3.8, 4) is 0 Å². The molecule has 0 bridgehead atoms. The highest BCUT2D eigenvalue weighted by molar-refractivity contribution is 7.07. The van der Waals surface area contributed by atoms with Gasteiger partial charge in [0.1, 0.15) is 0 Å². The van der Waals surface area contributed by atoms with E-state index in [-0.39, 0.29) is 5.91 Å². The Bertz CT molecular complexity index is 752. The highest BCUT2D eigenvalue weighted by atomic mass is 32.1. The summed E-state index contributed by atoms with van der Waals surface area (Å²) in [4.78, 5) is 18.7. The largest absolute Gasteiger partial charge is 0.306 e. The van der Waals surface area contributed by atoms with Gasteiger partial charge in [-0.2, -0.15) is 16.4 Å². The molecule has 0 aliphatic carbocycles. The normalized spacial score (nSPS) is 10.7. The standard InChI is InChI=1S/C17H18N4OS/c1-20-11-14(9-19-20)4-5-17(22)21(12-15-6-8-23-13-15)16-3-2-7-18-10-16/h2-3,6-11,13H,4-5,12H2,1H3. The second-order valence-corrected chi connectivity index (χ2v) is 6.12. The van der Waals surface area contributed by atoms with Gasteiger partial charge in [-0.3, -0.25) is 14.5 Å². The lowest BCUT2D eigenvalue weighted by molar-refractivity contribution is -0.118. The molecule has 1 amide bonds. The second kappa shape index (κ2) is 7.19. The van der Waals surface area contributed by atoms with Crippen molar-refractivity contribution in [2.75, 3.05) is 4.90 Å². The van der Waals surface area contributed by atoms with E-state index in [0.717, 1.165) is 16.8 Å². The predicted octanol–water partition coefficient (Wildman–Crippen LogP) is 3.04. The average molecular weight is 326 g/mol. The average Bonchev–Trinajstić information content (AvgIpc) is 3.23. The topological polar surface area (TPSA) is 51.0 Å². The minimum absolute atomic E-state index is 0.0908. The summed E-state index contributed by atoms with van der Waals surface area (Å²) in [6, 6.07) is 5.81. The Kier molecular flexibility index (Phi) is 4.83. The molecule has 0 aromatic carbocycles. The lowest BCUT2D eigenvalue weighted by Gasteiger charge is -2.22. The van der Waals surface area contributed by atoms with Crippen LogP contribution in [0, 0.1) is 0 Å². The van der Waals surface area contributed by atoms with Crippen molar-refractivity contribution in [2.24, 2.45) is 7.05 Å². The van der Waals surface area contributed by atoms with Crippen LogP contribution in [0.5, 0.6) is 0 Å². The number of aromatic nitrogens is 3. The molecule has 3 aromatic rings. The van der Waals surface area contributed by atoms with Crippen LogP contribution >= 0.6 is 11.3 Å². The van der Waals surface area contributed by atoms with Crippen LogP contribution in [0.2, 0.25) is 0 Å². The fourth-order valence-electron chi connectivity index (χ4n) is 2.39. The number of thiophene rings is 1. The monoisotopic (exact) mass is 326 g/mol. The van der Waals surface area contributed by atoms with Crippen LogP contribution in [0.25, 0.3) is 0 Å². The second-order valence-electron chi connectivity index (χ2n) is 5.34. The van der Waals surface area contributed by atoms with Crippen molar-refractivity contribution in [3.63, 3.8) is 0 Å². The zero-order valence-electron chi connectivity index (χ0n) is 12.9. The minimum atomic E-state index is 0.0908. The number of aryl methyl sites for hydroxylation is 2. The molecule has 0 atom stereocenters. The van der Waals surface area contributed by atoms with Crippen LogP contribution in [0.4, 0.5) is 5.69 Å². The molecule has 5 nitrogen and oxygen atoms in total. The zero-order chi connectivity index (χ0) is 16.1. The summed E-state index contributed by atoms with van der Waals surface area (Å²) < 4.78 is 1.75. The Labute approximate surface area is 139 Å². The molecule has 6 heteroatoms. The first-order valence-corrected chi connectivity index (χ1v) is 8.35. The SMILES string of the molecule is Cn1cc(CCC(=O)N(Cc2ccsc2)c2cccnc2)cn1. The summed E-state index contributed by atoms with van der Waals surface area (Å²) in [5, 5.41) is 8.23. The van der Waals surface area contributed by atoms with Gasteiger partial charge >= 0.3 is 0 Å². The maximum absolute atomic E-state index is 12.7. The molecule has 3 rings (SSSR count). The van der Waals surface area contributed by atoms with Gasteiger partial charge in [-0.1, -0.05) is 0 Å². The van der Waals surface area contributed by atoms with E-state index in [9.17, 15) is 4.79 Å². The molecular weight excluding hydrogens is 308 g/mol. The number of hydrogen-bond donors (Lipinski definition) is 0. The smallest absolute Gasteiger partial charge is 0.227 e. The first-order valence-electron chi connectivity index (χ1n) is 7.41. The van der Waals surface area contributed by atoms with Gasteiger partial charge in [0.2, 0.25) is 5.91 Å². The van der Waals surface area contributed by atoms with Crippen molar-refractivity contribution in [1.29, 1.82) is 0 Å². The number of rotatable bonds is 6. The maximum atomic E-state index is 12.7. The van der Waals surface area contributed by atoms with Crippen LogP contribution in [-0.2, 0) is 24.8 Å². The van der Waals surface area contributed by atoms with Crippen LogP contribution in [0.15, 0.2) is 53.7 Å². The van der Waals surface area contributed by atoms with E-state index in [1.54, 1.807) is 39.5 Å².